The number of hydrogen-bond acceptors (Lipinski definition) is 7. The zero-order chi connectivity index (χ0) is 18.8. The van der Waals surface area contributed by atoms with Gasteiger partial charge in [-0.3, -0.25) is 4.79 Å². The number of aryl methyl sites for hydroxylation is 1. The molecule has 0 aliphatic carbocycles. The lowest BCUT2D eigenvalue weighted by Crippen LogP contribution is -2.49. The zero-order valence-electron chi connectivity index (χ0n) is 15.6. The summed E-state index contributed by atoms with van der Waals surface area (Å²) in [4.78, 5) is 25.9. The average Bonchev–Trinajstić information content (AvgIpc) is 3.15. The summed E-state index contributed by atoms with van der Waals surface area (Å²) in [6.07, 6.45) is 0. The molecule has 2 aliphatic heterocycles. The van der Waals surface area contributed by atoms with Gasteiger partial charge in [0.1, 0.15) is 5.82 Å². The van der Waals surface area contributed by atoms with Gasteiger partial charge in [0.2, 0.25) is 12.7 Å². The third-order valence-corrected chi connectivity index (χ3v) is 4.67. The van der Waals surface area contributed by atoms with Crippen LogP contribution in [0.2, 0.25) is 0 Å². The van der Waals surface area contributed by atoms with Gasteiger partial charge in [-0.25, -0.2) is 4.98 Å². The lowest BCUT2D eigenvalue weighted by molar-refractivity contribution is 0.0746. The van der Waals surface area contributed by atoms with Crippen LogP contribution in [-0.4, -0.2) is 60.3 Å². The van der Waals surface area contributed by atoms with Crippen molar-refractivity contribution >= 4 is 17.7 Å². The topological polar surface area (TPSA) is 79.8 Å². The summed E-state index contributed by atoms with van der Waals surface area (Å²) in [5.74, 6) is 2.86. The molecule has 0 atom stereocenters. The summed E-state index contributed by atoms with van der Waals surface area (Å²) < 4.78 is 10.7. The standard InChI is InChI=1S/C19H23N5O3/c1-3-20-17-10-13(2)21-19(22-17)24-8-6-23(7-9-24)18(25)14-4-5-15-16(11-14)27-12-26-15/h4-5,10-11H,3,6-9,12H2,1-2H3,(H,20,21,22). The van der Waals surface area contributed by atoms with Crippen LogP contribution in [0.1, 0.15) is 23.0 Å². The first-order valence-electron chi connectivity index (χ1n) is 9.17. The van der Waals surface area contributed by atoms with E-state index in [1.807, 2.05) is 24.8 Å². The van der Waals surface area contributed by atoms with E-state index in [0.717, 1.165) is 18.1 Å². The Morgan fingerprint density at radius 2 is 1.89 bits per heavy atom. The monoisotopic (exact) mass is 369 g/mol. The number of anilines is 2. The van der Waals surface area contributed by atoms with Crippen LogP contribution in [0.25, 0.3) is 0 Å². The van der Waals surface area contributed by atoms with Crippen LogP contribution in [0.4, 0.5) is 11.8 Å². The molecule has 4 rings (SSSR count). The summed E-state index contributed by atoms with van der Waals surface area (Å²) >= 11 is 0. The molecule has 2 aliphatic rings. The van der Waals surface area contributed by atoms with Gasteiger partial charge in [0.15, 0.2) is 11.5 Å². The van der Waals surface area contributed by atoms with Crippen LogP contribution in [0.3, 0.4) is 0 Å². The van der Waals surface area contributed by atoms with Crippen molar-refractivity contribution in [3.05, 3.63) is 35.5 Å². The van der Waals surface area contributed by atoms with Gasteiger partial charge in [0, 0.05) is 50.0 Å². The Morgan fingerprint density at radius 3 is 2.67 bits per heavy atom. The quantitative estimate of drug-likeness (QED) is 0.882. The molecule has 8 heteroatoms. The van der Waals surface area contributed by atoms with Crippen molar-refractivity contribution in [3.63, 3.8) is 0 Å². The van der Waals surface area contributed by atoms with Gasteiger partial charge in [0.05, 0.1) is 0 Å². The minimum Gasteiger partial charge on any atom is -0.454 e. The van der Waals surface area contributed by atoms with E-state index in [1.165, 1.54) is 0 Å². The van der Waals surface area contributed by atoms with E-state index in [0.29, 0.717) is 49.2 Å². The Morgan fingerprint density at radius 1 is 1.11 bits per heavy atom. The number of rotatable bonds is 4. The van der Waals surface area contributed by atoms with E-state index in [4.69, 9.17) is 9.47 Å². The highest BCUT2D eigenvalue weighted by atomic mass is 16.7. The molecule has 0 spiro atoms. The summed E-state index contributed by atoms with van der Waals surface area (Å²) in [6.45, 7) is 7.67. The third-order valence-electron chi connectivity index (χ3n) is 4.67. The van der Waals surface area contributed by atoms with Crippen LogP contribution in [0.5, 0.6) is 11.5 Å². The molecule has 1 N–H and O–H groups in total. The normalized spacial score (nSPS) is 15.8. The van der Waals surface area contributed by atoms with E-state index < -0.39 is 0 Å². The number of hydrogen-bond donors (Lipinski definition) is 1. The maximum absolute atomic E-state index is 12.8. The van der Waals surface area contributed by atoms with Crippen LogP contribution in [0.15, 0.2) is 24.3 Å². The minimum atomic E-state index is 0.00597. The van der Waals surface area contributed by atoms with E-state index in [9.17, 15) is 4.79 Å². The van der Waals surface area contributed by atoms with Gasteiger partial charge >= 0.3 is 0 Å². The maximum Gasteiger partial charge on any atom is 0.254 e. The van der Waals surface area contributed by atoms with Gasteiger partial charge in [-0.15, -0.1) is 0 Å². The number of nitrogens with one attached hydrogen (secondary N) is 1. The van der Waals surface area contributed by atoms with Crippen molar-refractivity contribution in [2.75, 3.05) is 49.7 Å². The molecule has 1 amide bonds. The lowest BCUT2D eigenvalue weighted by atomic mass is 10.1. The second-order valence-corrected chi connectivity index (χ2v) is 6.57. The minimum absolute atomic E-state index is 0.00597. The first-order chi connectivity index (χ1) is 13.1. The second-order valence-electron chi connectivity index (χ2n) is 6.57. The number of carbonyl (C=O) groups is 1. The Balaban J connectivity index is 1.42. The molecule has 0 bridgehead atoms. The van der Waals surface area contributed by atoms with Crippen molar-refractivity contribution in [2.24, 2.45) is 0 Å². The number of nitrogens with zero attached hydrogens (tertiary/aromatic N) is 4. The molecule has 1 fully saturated rings. The molecule has 0 saturated carbocycles. The molecule has 0 radical (unpaired) electrons. The number of piperazine rings is 1. The van der Waals surface area contributed by atoms with Gasteiger partial charge in [0.25, 0.3) is 5.91 Å². The molecular weight excluding hydrogens is 346 g/mol. The predicted molar refractivity (Wildman–Crippen MR) is 102 cm³/mol. The number of aromatic nitrogens is 2. The fraction of sp³-hybridized carbons (Fsp3) is 0.421. The predicted octanol–water partition coefficient (Wildman–Crippen LogP) is 1.91. The summed E-state index contributed by atoms with van der Waals surface area (Å²) in [5, 5.41) is 3.23. The van der Waals surface area contributed by atoms with Crippen LogP contribution >= 0.6 is 0 Å². The third kappa shape index (κ3) is 3.60. The molecule has 0 unspecified atom stereocenters. The molecular formula is C19H23N5O3. The fourth-order valence-corrected chi connectivity index (χ4v) is 3.29. The molecule has 142 valence electrons. The van der Waals surface area contributed by atoms with E-state index in [2.05, 4.69) is 20.2 Å². The molecule has 1 aromatic carbocycles. The highest BCUT2D eigenvalue weighted by Crippen LogP contribution is 2.33. The lowest BCUT2D eigenvalue weighted by Gasteiger charge is -2.35. The van der Waals surface area contributed by atoms with Crippen molar-refractivity contribution in [2.45, 2.75) is 13.8 Å². The zero-order valence-corrected chi connectivity index (χ0v) is 15.6. The summed E-state index contributed by atoms with van der Waals surface area (Å²) in [7, 11) is 0. The number of amides is 1. The van der Waals surface area contributed by atoms with Crippen LogP contribution in [0, 0.1) is 6.92 Å². The molecule has 2 aromatic rings. The van der Waals surface area contributed by atoms with Gasteiger partial charge in [-0.1, -0.05) is 0 Å². The second kappa shape index (κ2) is 7.30. The van der Waals surface area contributed by atoms with Crippen molar-refractivity contribution in [1.29, 1.82) is 0 Å². The number of fused-ring (bicyclic) bond motifs is 1. The molecule has 3 heterocycles. The molecule has 1 saturated heterocycles. The van der Waals surface area contributed by atoms with Crippen LogP contribution < -0.4 is 19.7 Å². The highest BCUT2D eigenvalue weighted by molar-refractivity contribution is 5.95. The number of carbonyl (C=O) groups excluding carboxylic acids is 1. The smallest absolute Gasteiger partial charge is 0.254 e. The SMILES string of the molecule is CCNc1cc(C)nc(N2CCN(C(=O)c3ccc4c(c3)OCO4)CC2)n1. The van der Waals surface area contributed by atoms with E-state index in [-0.39, 0.29) is 12.7 Å². The maximum atomic E-state index is 12.8. The highest BCUT2D eigenvalue weighted by Gasteiger charge is 2.25. The van der Waals surface area contributed by atoms with Gasteiger partial charge in [-0.05, 0) is 32.0 Å². The first kappa shape index (κ1) is 17.4. The number of benzene rings is 1. The van der Waals surface area contributed by atoms with Crippen molar-refractivity contribution < 1.29 is 14.3 Å². The Hall–Kier alpha value is -3.03. The van der Waals surface area contributed by atoms with Crippen molar-refractivity contribution in [3.8, 4) is 11.5 Å². The Kier molecular flexibility index (Phi) is 4.70. The number of ether oxygens (including phenoxy) is 2. The Bertz CT molecular complexity index is 849. The molecule has 27 heavy (non-hydrogen) atoms. The van der Waals surface area contributed by atoms with Crippen molar-refractivity contribution in [1.82, 2.24) is 14.9 Å². The van der Waals surface area contributed by atoms with E-state index >= 15 is 0 Å². The van der Waals surface area contributed by atoms with Crippen LogP contribution in [-0.2, 0) is 0 Å². The largest absolute Gasteiger partial charge is 0.454 e. The average molecular weight is 369 g/mol. The summed E-state index contributed by atoms with van der Waals surface area (Å²) in [6, 6.07) is 7.26. The van der Waals surface area contributed by atoms with Gasteiger partial charge < -0.3 is 24.6 Å². The molecule has 8 nitrogen and oxygen atoms in total. The van der Waals surface area contributed by atoms with Gasteiger partial charge in [-0.2, -0.15) is 4.98 Å². The first-order valence-corrected chi connectivity index (χ1v) is 9.17. The Labute approximate surface area is 158 Å². The van der Waals surface area contributed by atoms with E-state index in [1.54, 1.807) is 18.2 Å². The summed E-state index contributed by atoms with van der Waals surface area (Å²) in [5.41, 5.74) is 1.55. The fourth-order valence-electron chi connectivity index (χ4n) is 3.29. The molecule has 1 aromatic heterocycles.